The molecule has 1 aromatic heterocycles. The second-order valence-electron chi connectivity index (χ2n) is 5.35. The minimum atomic E-state index is -1.70. The molecule has 1 aliphatic rings. The number of aromatic nitrogens is 1. The molecule has 0 saturated carbocycles. The molecule has 1 aromatic carbocycles. The van der Waals surface area contributed by atoms with E-state index in [2.05, 4.69) is 15.6 Å². The SMILES string of the molecule is Cc1cccc(NC(=O)[C@@]2(C)Oc3ccc(Cl)cc3NC2=O)n1. The number of anilines is 2. The van der Waals surface area contributed by atoms with Gasteiger partial charge in [0.25, 0.3) is 17.4 Å². The van der Waals surface area contributed by atoms with Gasteiger partial charge in [0.2, 0.25) is 0 Å². The third-order valence-electron chi connectivity index (χ3n) is 3.50. The summed E-state index contributed by atoms with van der Waals surface area (Å²) in [6.45, 7) is 3.21. The van der Waals surface area contributed by atoms with Gasteiger partial charge in [-0.25, -0.2) is 4.98 Å². The number of carbonyl (C=O) groups excluding carboxylic acids is 2. The molecule has 2 aromatic rings. The van der Waals surface area contributed by atoms with Gasteiger partial charge >= 0.3 is 0 Å². The van der Waals surface area contributed by atoms with Crippen LogP contribution in [-0.2, 0) is 9.59 Å². The number of halogens is 1. The highest BCUT2D eigenvalue weighted by Crippen LogP contribution is 2.35. The summed E-state index contributed by atoms with van der Waals surface area (Å²) < 4.78 is 5.64. The molecule has 2 heterocycles. The van der Waals surface area contributed by atoms with Gasteiger partial charge in [-0.1, -0.05) is 17.7 Å². The van der Waals surface area contributed by atoms with Gasteiger partial charge in [0.05, 0.1) is 5.69 Å². The summed E-state index contributed by atoms with van der Waals surface area (Å²) in [6, 6.07) is 10.0. The summed E-state index contributed by atoms with van der Waals surface area (Å²) in [4.78, 5) is 29.0. The highest BCUT2D eigenvalue weighted by Gasteiger charge is 2.47. The predicted octanol–water partition coefficient (Wildman–Crippen LogP) is 2.77. The molecule has 0 fully saturated rings. The van der Waals surface area contributed by atoms with Crippen molar-refractivity contribution in [1.29, 1.82) is 0 Å². The van der Waals surface area contributed by atoms with Crippen molar-refractivity contribution < 1.29 is 14.3 Å². The maximum absolute atomic E-state index is 12.5. The normalized spacial score (nSPS) is 19.3. The van der Waals surface area contributed by atoms with E-state index in [0.29, 0.717) is 22.3 Å². The minimum absolute atomic E-state index is 0.356. The minimum Gasteiger partial charge on any atom is -0.466 e. The average molecular weight is 332 g/mol. The van der Waals surface area contributed by atoms with E-state index in [-0.39, 0.29) is 0 Å². The first-order valence-electron chi connectivity index (χ1n) is 6.93. The first-order valence-corrected chi connectivity index (χ1v) is 7.31. The molecular weight excluding hydrogens is 318 g/mol. The van der Waals surface area contributed by atoms with Gasteiger partial charge in [0, 0.05) is 10.7 Å². The van der Waals surface area contributed by atoms with E-state index in [1.165, 1.54) is 6.92 Å². The largest absolute Gasteiger partial charge is 0.466 e. The van der Waals surface area contributed by atoms with Crippen molar-refractivity contribution in [3.05, 3.63) is 47.1 Å². The first kappa shape index (κ1) is 15.3. The Labute approximate surface area is 137 Å². The Morgan fingerprint density at radius 2 is 2.13 bits per heavy atom. The molecular formula is C16H14ClN3O3. The summed E-state index contributed by atoms with van der Waals surface area (Å²) in [6.07, 6.45) is 0. The van der Waals surface area contributed by atoms with Crippen molar-refractivity contribution in [1.82, 2.24) is 4.98 Å². The number of aryl methyl sites for hydroxylation is 1. The molecule has 0 radical (unpaired) electrons. The zero-order valence-electron chi connectivity index (χ0n) is 12.5. The molecule has 0 bridgehead atoms. The Bertz CT molecular complexity index is 809. The number of nitrogens with zero attached hydrogens (tertiary/aromatic N) is 1. The van der Waals surface area contributed by atoms with Crippen molar-refractivity contribution in [2.24, 2.45) is 0 Å². The van der Waals surface area contributed by atoms with Crippen LogP contribution in [0.5, 0.6) is 5.75 Å². The number of carbonyl (C=O) groups is 2. The lowest BCUT2D eigenvalue weighted by Crippen LogP contribution is -2.56. The number of fused-ring (bicyclic) bond motifs is 1. The fourth-order valence-corrected chi connectivity index (χ4v) is 2.37. The molecule has 7 heteroatoms. The van der Waals surface area contributed by atoms with E-state index < -0.39 is 17.4 Å². The molecule has 3 rings (SSSR count). The van der Waals surface area contributed by atoms with Gasteiger partial charge in [-0.15, -0.1) is 0 Å². The third-order valence-corrected chi connectivity index (χ3v) is 3.74. The lowest BCUT2D eigenvalue weighted by Gasteiger charge is -2.33. The molecule has 1 atom stereocenters. The standard InChI is InChI=1S/C16H14ClN3O3/c1-9-4-3-5-13(18-9)20-15(22)16(2)14(21)19-11-8-10(17)6-7-12(11)23-16/h3-8H,1-2H3,(H,19,21)(H,18,20,22)/t16-/m0/s1. The molecule has 6 nitrogen and oxygen atoms in total. The highest BCUT2D eigenvalue weighted by molar-refractivity contribution is 6.31. The topological polar surface area (TPSA) is 80.3 Å². The van der Waals surface area contributed by atoms with E-state index in [1.54, 1.807) is 43.3 Å². The van der Waals surface area contributed by atoms with E-state index in [1.807, 2.05) is 0 Å². The molecule has 0 aliphatic carbocycles. The van der Waals surface area contributed by atoms with Crippen molar-refractivity contribution in [3.63, 3.8) is 0 Å². The van der Waals surface area contributed by atoms with Crippen LogP contribution in [0.25, 0.3) is 0 Å². The van der Waals surface area contributed by atoms with Gasteiger partial charge in [0.15, 0.2) is 0 Å². The maximum atomic E-state index is 12.5. The highest BCUT2D eigenvalue weighted by atomic mass is 35.5. The number of pyridine rings is 1. The number of amides is 2. The van der Waals surface area contributed by atoms with Crippen LogP contribution in [-0.4, -0.2) is 22.4 Å². The molecule has 0 unspecified atom stereocenters. The summed E-state index contributed by atoms with van der Waals surface area (Å²) in [5, 5.41) is 5.71. The smallest absolute Gasteiger partial charge is 0.279 e. The summed E-state index contributed by atoms with van der Waals surface area (Å²) in [5.74, 6) is -0.440. The van der Waals surface area contributed by atoms with Crippen LogP contribution < -0.4 is 15.4 Å². The zero-order chi connectivity index (χ0) is 16.6. The Balaban J connectivity index is 1.87. The van der Waals surface area contributed by atoms with E-state index in [0.717, 1.165) is 5.69 Å². The van der Waals surface area contributed by atoms with Crippen molar-refractivity contribution in [2.45, 2.75) is 19.4 Å². The summed E-state index contributed by atoms with van der Waals surface area (Å²) in [5.41, 5.74) is -0.518. The van der Waals surface area contributed by atoms with Gasteiger partial charge in [-0.3, -0.25) is 9.59 Å². The summed E-state index contributed by atoms with van der Waals surface area (Å²) >= 11 is 5.89. The Morgan fingerprint density at radius 3 is 2.87 bits per heavy atom. The molecule has 118 valence electrons. The first-order chi connectivity index (χ1) is 10.9. The van der Waals surface area contributed by atoms with Gasteiger partial charge in [-0.05, 0) is 44.2 Å². The number of hydrogen-bond acceptors (Lipinski definition) is 4. The second-order valence-corrected chi connectivity index (χ2v) is 5.78. The molecule has 2 N–H and O–H groups in total. The van der Waals surface area contributed by atoms with Crippen LogP contribution in [0.15, 0.2) is 36.4 Å². The monoisotopic (exact) mass is 331 g/mol. The lowest BCUT2D eigenvalue weighted by atomic mass is 10.0. The van der Waals surface area contributed by atoms with Crippen LogP contribution in [0, 0.1) is 6.92 Å². The van der Waals surface area contributed by atoms with Crippen LogP contribution in [0.3, 0.4) is 0 Å². The molecule has 2 amide bonds. The summed E-state index contributed by atoms with van der Waals surface area (Å²) in [7, 11) is 0. The van der Waals surface area contributed by atoms with Gasteiger partial charge < -0.3 is 15.4 Å². The molecule has 23 heavy (non-hydrogen) atoms. The van der Waals surface area contributed by atoms with Crippen molar-refractivity contribution in [2.75, 3.05) is 10.6 Å². The van der Waals surface area contributed by atoms with Crippen LogP contribution in [0.4, 0.5) is 11.5 Å². The number of rotatable bonds is 2. The van der Waals surface area contributed by atoms with Gasteiger partial charge in [-0.2, -0.15) is 0 Å². The lowest BCUT2D eigenvalue weighted by molar-refractivity contribution is -0.143. The Kier molecular flexibility index (Phi) is 3.69. The van der Waals surface area contributed by atoms with E-state index >= 15 is 0 Å². The molecule has 0 spiro atoms. The number of ether oxygens (including phenoxy) is 1. The molecule has 0 saturated heterocycles. The number of hydrogen-bond donors (Lipinski definition) is 2. The maximum Gasteiger partial charge on any atom is 0.279 e. The number of benzene rings is 1. The zero-order valence-corrected chi connectivity index (χ0v) is 13.3. The molecule has 1 aliphatic heterocycles. The van der Waals surface area contributed by atoms with Crippen molar-refractivity contribution >= 4 is 34.9 Å². The van der Waals surface area contributed by atoms with Crippen LogP contribution >= 0.6 is 11.6 Å². The fourth-order valence-electron chi connectivity index (χ4n) is 2.19. The second kappa shape index (κ2) is 5.55. The van der Waals surface area contributed by atoms with Crippen LogP contribution in [0.1, 0.15) is 12.6 Å². The fraction of sp³-hybridized carbons (Fsp3) is 0.188. The number of nitrogens with one attached hydrogen (secondary N) is 2. The van der Waals surface area contributed by atoms with Crippen molar-refractivity contribution in [3.8, 4) is 5.75 Å². The Hall–Kier alpha value is -2.60. The predicted molar refractivity (Wildman–Crippen MR) is 86.7 cm³/mol. The Morgan fingerprint density at radius 1 is 1.35 bits per heavy atom. The quantitative estimate of drug-likeness (QED) is 0.829. The van der Waals surface area contributed by atoms with E-state index in [9.17, 15) is 9.59 Å². The van der Waals surface area contributed by atoms with Gasteiger partial charge in [0.1, 0.15) is 11.6 Å². The van der Waals surface area contributed by atoms with E-state index in [4.69, 9.17) is 16.3 Å². The average Bonchev–Trinajstić information content (AvgIpc) is 2.49. The van der Waals surface area contributed by atoms with Crippen LogP contribution in [0.2, 0.25) is 5.02 Å². The third kappa shape index (κ3) is 2.85.